The summed E-state index contributed by atoms with van der Waals surface area (Å²) in [4.78, 5) is 33.1. The highest BCUT2D eigenvalue weighted by Gasteiger charge is 2.55. The quantitative estimate of drug-likeness (QED) is 0.867. The lowest BCUT2D eigenvalue weighted by Gasteiger charge is -2.26. The van der Waals surface area contributed by atoms with E-state index in [0.29, 0.717) is 32.8 Å². The van der Waals surface area contributed by atoms with Gasteiger partial charge in [0.1, 0.15) is 0 Å². The van der Waals surface area contributed by atoms with Gasteiger partial charge in [0, 0.05) is 52.2 Å². The van der Waals surface area contributed by atoms with E-state index in [0.717, 1.165) is 18.5 Å². The third-order valence-corrected chi connectivity index (χ3v) is 5.47. The van der Waals surface area contributed by atoms with Gasteiger partial charge in [-0.3, -0.25) is 9.78 Å². The number of nitrogens with zero attached hydrogens (tertiary/aromatic N) is 3. The van der Waals surface area contributed by atoms with E-state index in [9.17, 15) is 9.59 Å². The van der Waals surface area contributed by atoms with Gasteiger partial charge in [-0.1, -0.05) is 13.0 Å². The zero-order chi connectivity index (χ0) is 17.9. The monoisotopic (exact) mass is 346 g/mol. The molecule has 7 heteroatoms. The number of carbonyl (C=O) groups excluding carboxylic acids is 2. The fourth-order valence-electron chi connectivity index (χ4n) is 3.89. The molecule has 7 nitrogen and oxygen atoms in total. The van der Waals surface area contributed by atoms with Crippen molar-refractivity contribution >= 4 is 11.9 Å². The van der Waals surface area contributed by atoms with Crippen LogP contribution >= 0.6 is 0 Å². The first-order valence-corrected chi connectivity index (χ1v) is 8.77. The van der Waals surface area contributed by atoms with Crippen LogP contribution in [0.1, 0.15) is 18.9 Å². The average Bonchev–Trinajstić information content (AvgIpc) is 3.13. The second-order valence-electron chi connectivity index (χ2n) is 6.99. The smallest absolute Gasteiger partial charge is 0.317 e. The van der Waals surface area contributed by atoms with Crippen molar-refractivity contribution in [2.24, 2.45) is 11.3 Å². The van der Waals surface area contributed by atoms with E-state index in [-0.39, 0.29) is 17.9 Å². The van der Waals surface area contributed by atoms with Crippen LogP contribution in [0.3, 0.4) is 0 Å². The van der Waals surface area contributed by atoms with Gasteiger partial charge >= 0.3 is 6.03 Å². The van der Waals surface area contributed by atoms with Gasteiger partial charge in [0.25, 0.3) is 0 Å². The van der Waals surface area contributed by atoms with Crippen molar-refractivity contribution in [1.82, 2.24) is 20.1 Å². The highest BCUT2D eigenvalue weighted by molar-refractivity contribution is 5.87. The molecule has 0 bridgehead atoms. The summed E-state index contributed by atoms with van der Waals surface area (Å²) in [6, 6.07) is 3.66. The first-order chi connectivity index (χ1) is 12.1. The molecule has 2 saturated heterocycles. The molecule has 136 valence electrons. The van der Waals surface area contributed by atoms with E-state index in [1.165, 1.54) is 0 Å². The maximum atomic E-state index is 12.9. The van der Waals surface area contributed by atoms with E-state index in [2.05, 4.69) is 17.2 Å². The Kier molecular flexibility index (Phi) is 5.22. The van der Waals surface area contributed by atoms with E-state index in [1.807, 2.05) is 17.0 Å². The first-order valence-electron chi connectivity index (χ1n) is 8.77. The van der Waals surface area contributed by atoms with Crippen molar-refractivity contribution in [1.29, 1.82) is 0 Å². The molecule has 3 heterocycles. The summed E-state index contributed by atoms with van der Waals surface area (Å²) in [6.07, 6.45) is 4.25. The third kappa shape index (κ3) is 3.46. The molecule has 1 N–H and O–H groups in total. The lowest BCUT2D eigenvalue weighted by molar-refractivity contribution is -0.137. The number of likely N-dealkylation sites (tertiary alicyclic amines) is 2. The Morgan fingerprint density at radius 1 is 1.52 bits per heavy atom. The van der Waals surface area contributed by atoms with Crippen LogP contribution in [0, 0.1) is 11.3 Å². The standard InChI is InChI=1S/C18H26N4O3/c1-14-12-22(17(24)20-11-15-4-3-6-19-10-15)13-18(14)5-7-21(16(18)23)8-9-25-2/h3-4,6,10,14H,5,7-9,11-13H2,1-2H3,(H,20,24)/t14-,18-/m0/s1. The number of hydrogen-bond donors (Lipinski definition) is 1. The Balaban J connectivity index is 1.59. The molecule has 3 rings (SSSR count). The predicted molar refractivity (Wildman–Crippen MR) is 92.7 cm³/mol. The van der Waals surface area contributed by atoms with Crippen LogP contribution in [0.15, 0.2) is 24.5 Å². The third-order valence-electron chi connectivity index (χ3n) is 5.47. The molecule has 25 heavy (non-hydrogen) atoms. The van der Waals surface area contributed by atoms with E-state index in [1.54, 1.807) is 24.4 Å². The predicted octanol–water partition coefficient (Wildman–Crippen LogP) is 1.11. The maximum Gasteiger partial charge on any atom is 0.317 e. The molecule has 0 aliphatic carbocycles. The van der Waals surface area contributed by atoms with Crippen LogP contribution in [0.2, 0.25) is 0 Å². The second-order valence-corrected chi connectivity index (χ2v) is 6.99. The van der Waals surface area contributed by atoms with Crippen molar-refractivity contribution in [2.45, 2.75) is 19.9 Å². The molecule has 0 aromatic carbocycles. The Hall–Kier alpha value is -2.15. The van der Waals surface area contributed by atoms with Crippen LogP contribution < -0.4 is 5.32 Å². The molecule has 2 aliphatic heterocycles. The number of pyridine rings is 1. The molecule has 2 atom stereocenters. The number of nitrogens with one attached hydrogen (secondary N) is 1. The van der Waals surface area contributed by atoms with Crippen molar-refractivity contribution < 1.29 is 14.3 Å². The highest BCUT2D eigenvalue weighted by atomic mass is 16.5. The fourth-order valence-corrected chi connectivity index (χ4v) is 3.89. The summed E-state index contributed by atoms with van der Waals surface area (Å²) in [5, 5.41) is 2.93. The number of carbonyl (C=O) groups is 2. The van der Waals surface area contributed by atoms with Crippen LogP contribution in [-0.4, -0.2) is 66.6 Å². The Morgan fingerprint density at radius 2 is 2.36 bits per heavy atom. The molecule has 0 unspecified atom stereocenters. The summed E-state index contributed by atoms with van der Waals surface area (Å²) in [5.74, 6) is 0.330. The highest BCUT2D eigenvalue weighted by Crippen LogP contribution is 2.44. The van der Waals surface area contributed by atoms with Crippen molar-refractivity contribution in [3.05, 3.63) is 30.1 Å². The van der Waals surface area contributed by atoms with Gasteiger partial charge < -0.3 is 19.9 Å². The molecular formula is C18H26N4O3. The summed E-state index contributed by atoms with van der Waals surface area (Å²) in [6.45, 7) is 5.54. The minimum atomic E-state index is -0.431. The number of aromatic nitrogens is 1. The number of hydrogen-bond acceptors (Lipinski definition) is 4. The SMILES string of the molecule is COCCN1CC[C@@]2(CN(C(=O)NCc3cccnc3)C[C@@H]2C)C1=O. The number of methoxy groups -OCH3 is 1. The minimum absolute atomic E-state index is 0.115. The summed E-state index contributed by atoms with van der Waals surface area (Å²) < 4.78 is 5.09. The lowest BCUT2D eigenvalue weighted by atomic mass is 9.78. The van der Waals surface area contributed by atoms with E-state index < -0.39 is 5.41 Å². The molecule has 3 amide bonds. The van der Waals surface area contributed by atoms with Gasteiger partial charge in [0.15, 0.2) is 0 Å². The lowest BCUT2D eigenvalue weighted by Crippen LogP contribution is -2.43. The van der Waals surface area contributed by atoms with Gasteiger partial charge in [0.05, 0.1) is 12.0 Å². The summed E-state index contributed by atoms with van der Waals surface area (Å²) in [5.41, 5.74) is 0.528. The number of amides is 3. The van der Waals surface area contributed by atoms with Crippen molar-refractivity contribution in [3.63, 3.8) is 0 Å². The summed E-state index contributed by atoms with van der Waals surface area (Å²) in [7, 11) is 1.64. The number of ether oxygens (including phenoxy) is 1. The van der Waals surface area contributed by atoms with Gasteiger partial charge in [-0.05, 0) is 24.0 Å². The van der Waals surface area contributed by atoms with Gasteiger partial charge in [-0.25, -0.2) is 4.79 Å². The van der Waals surface area contributed by atoms with Gasteiger partial charge in [-0.15, -0.1) is 0 Å². The molecule has 1 aromatic heterocycles. The number of urea groups is 1. The van der Waals surface area contributed by atoms with Gasteiger partial charge in [0.2, 0.25) is 5.91 Å². The van der Waals surface area contributed by atoms with Crippen molar-refractivity contribution in [2.75, 3.05) is 39.9 Å². The first kappa shape index (κ1) is 17.7. The zero-order valence-corrected chi connectivity index (χ0v) is 14.9. The van der Waals surface area contributed by atoms with Crippen LogP contribution in [0.5, 0.6) is 0 Å². The van der Waals surface area contributed by atoms with E-state index in [4.69, 9.17) is 4.74 Å². The fraction of sp³-hybridized carbons (Fsp3) is 0.611. The number of rotatable bonds is 5. The maximum absolute atomic E-state index is 12.9. The largest absolute Gasteiger partial charge is 0.383 e. The normalized spacial score (nSPS) is 25.8. The van der Waals surface area contributed by atoms with E-state index >= 15 is 0 Å². The summed E-state index contributed by atoms with van der Waals surface area (Å²) >= 11 is 0. The van der Waals surface area contributed by atoms with Crippen molar-refractivity contribution in [3.8, 4) is 0 Å². The Bertz CT molecular complexity index is 624. The zero-order valence-electron chi connectivity index (χ0n) is 14.9. The molecule has 1 spiro atoms. The molecule has 0 saturated carbocycles. The molecule has 0 radical (unpaired) electrons. The molecule has 1 aromatic rings. The molecule has 2 aliphatic rings. The topological polar surface area (TPSA) is 74.8 Å². The second kappa shape index (κ2) is 7.39. The Morgan fingerprint density at radius 3 is 3.08 bits per heavy atom. The molecular weight excluding hydrogens is 320 g/mol. The molecule has 2 fully saturated rings. The Labute approximate surface area is 148 Å². The van der Waals surface area contributed by atoms with Crippen LogP contribution in [0.25, 0.3) is 0 Å². The van der Waals surface area contributed by atoms with Crippen LogP contribution in [-0.2, 0) is 16.1 Å². The van der Waals surface area contributed by atoms with Crippen LogP contribution in [0.4, 0.5) is 4.79 Å². The minimum Gasteiger partial charge on any atom is -0.383 e. The average molecular weight is 346 g/mol. The van der Waals surface area contributed by atoms with Gasteiger partial charge in [-0.2, -0.15) is 0 Å².